The van der Waals surface area contributed by atoms with Crippen LogP contribution < -0.4 is 5.56 Å². The molecule has 0 unspecified atom stereocenters. The van der Waals surface area contributed by atoms with Gasteiger partial charge in [-0.25, -0.2) is 0 Å². The SMILES string of the molecule is Cc1cc(-n2[se]c3ccccc3c2=O)ccc1F. The minimum atomic E-state index is -0.240. The number of hydrogen-bond donors (Lipinski definition) is 0. The third-order valence-corrected chi connectivity index (χ3v) is 5.20. The molecule has 4 heteroatoms. The zero-order valence-electron chi connectivity index (χ0n) is 9.68. The van der Waals surface area contributed by atoms with Gasteiger partial charge in [-0.05, 0) is 0 Å². The standard InChI is InChI=1S/C14H10FNOSe/c1-9-8-10(6-7-12(9)15)16-14(17)11-4-2-3-5-13(11)18-16/h2-8H,1H3. The topological polar surface area (TPSA) is 22.0 Å². The van der Waals surface area contributed by atoms with E-state index in [2.05, 4.69) is 0 Å². The summed E-state index contributed by atoms with van der Waals surface area (Å²) in [6, 6.07) is 12.4. The van der Waals surface area contributed by atoms with Crippen molar-refractivity contribution in [1.29, 1.82) is 0 Å². The van der Waals surface area contributed by atoms with Crippen molar-refractivity contribution in [2.24, 2.45) is 0 Å². The number of hydrogen-bond acceptors (Lipinski definition) is 1. The third kappa shape index (κ3) is 1.74. The molecule has 18 heavy (non-hydrogen) atoms. The van der Waals surface area contributed by atoms with Crippen LogP contribution in [0.5, 0.6) is 0 Å². The van der Waals surface area contributed by atoms with Gasteiger partial charge in [0.15, 0.2) is 0 Å². The number of benzene rings is 2. The van der Waals surface area contributed by atoms with Crippen LogP contribution >= 0.6 is 0 Å². The van der Waals surface area contributed by atoms with E-state index in [4.69, 9.17) is 0 Å². The number of nitrogens with zero attached hydrogens (tertiary/aromatic N) is 1. The van der Waals surface area contributed by atoms with Gasteiger partial charge < -0.3 is 0 Å². The van der Waals surface area contributed by atoms with E-state index in [1.165, 1.54) is 6.07 Å². The molecule has 0 aliphatic heterocycles. The van der Waals surface area contributed by atoms with Gasteiger partial charge in [0, 0.05) is 0 Å². The minimum absolute atomic E-state index is 0.0107. The van der Waals surface area contributed by atoms with Crippen LogP contribution in [0.2, 0.25) is 0 Å². The van der Waals surface area contributed by atoms with E-state index < -0.39 is 0 Å². The van der Waals surface area contributed by atoms with Gasteiger partial charge in [0.25, 0.3) is 0 Å². The molecule has 2 nitrogen and oxygen atoms in total. The number of aromatic nitrogens is 1. The van der Waals surface area contributed by atoms with Crippen molar-refractivity contribution >= 4 is 24.4 Å². The molecule has 0 spiro atoms. The molecule has 0 N–H and O–H groups in total. The van der Waals surface area contributed by atoms with Gasteiger partial charge in [-0.15, -0.1) is 0 Å². The van der Waals surface area contributed by atoms with Gasteiger partial charge in [0.2, 0.25) is 0 Å². The van der Waals surface area contributed by atoms with Crippen LogP contribution in [-0.4, -0.2) is 18.3 Å². The number of rotatable bonds is 1. The predicted octanol–water partition coefficient (Wildman–Crippen LogP) is 2.50. The molecule has 0 aliphatic carbocycles. The van der Waals surface area contributed by atoms with Gasteiger partial charge in [-0.1, -0.05) is 0 Å². The van der Waals surface area contributed by atoms with E-state index in [0.29, 0.717) is 5.56 Å². The first-order valence-electron chi connectivity index (χ1n) is 5.54. The second kappa shape index (κ2) is 4.23. The molecule has 1 aromatic heterocycles. The molecule has 0 saturated carbocycles. The third-order valence-electron chi connectivity index (χ3n) is 2.87. The van der Waals surface area contributed by atoms with Crippen molar-refractivity contribution in [1.82, 2.24) is 3.56 Å². The Morgan fingerprint density at radius 1 is 1.17 bits per heavy atom. The van der Waals surface area contributed by atoms with Crippen molar-refractivity contribution in [2.75, 3.05) is 0 Å². The van der Waals surface area contributed by atoms with E-state index in [9.17, 15) is 9.18 Å². The van der Waals surface area contributed by atoms with E-state index in [1.807, 2.05) is 24.3 Å². The summed E-state index contributed by atoms with van der Waals surface area (Å²) in [5, 5.41) is 0.763. The molecule has 3 rings (SSSR count). The van der Waals surface area contributed by atoms with Gasteiger partial charge in [-0.2, -0.15) is 0 Å². The first-order valence-corrected chi connectivity index (χ1v) is 7.17. The van der Waals surface area contributed by atoms with Gasteiger partial charge in [0.05, 0.1) is 0 Å². The molecular formula is C14H10FNOSe. The summed E-state index contributed by atoms with van der Waals surface area (Å²) in [5.41, 5.74) is 1.35. The van der Waals surface area contributed by atoms with Gasteiger partial charge >= 0.3 is 109 Å². The maximum absolute atomic E-state index is 13.2. The fourth-order valence-electron chi connectivity index (χ4n) is 1.90. The molecule has 0 aliphatic rings. The van der Waals surface area contributed by atoms with E-state index in [-0.39, 0.29) is 26.1 Å². The van der Waals surface area contributed by atoms with Crippen LogP contribution in [0.25, 0.3) is 15.3 Å². The van der Waals surface area contributed by atoms with Crippen molar-refractivity contribution in [2.45, 2.75) is 6.92 Å². The summed E-state index contributed by atoms with van der Waals surface area (Å²) < 4.78 is 16.1. The van der Waals surface area contributed by atoms with Crippen LogP contribution in [0, 0.1) is 12.7 Å². The van der Waals surface area contributed by atoms with E-state index in [0.717, 1.165) is 15.3 Å². The Morgan fingerprint density at radius 3 is 2.67 bits per heavy atom. The van der Waals surface area contributed by atoms with Crippen molar-refractivity contribution in [3.8, 4) is 5.69 Å². The Morgan fingerprint density at radius 2 is 1.94 bits per heavy atom. The molecule has 3 aromatic rings. The average Bonchev–Trinajstić information content (AvgIpc) is 2.71. The summed E-state index contributed by atoms with van der Waals surface area (Å²) in [6.45, 7) is 1.71. The van der Waals surface area contributed by atoms with Crippen molar-refractivity contribution < 1.29 is 4.39 Å². The first-order chi connectivity index (χ1) is 8.66. The first kappa shape index (κ1) is 11.4. The predicted molar refractivity (Wildman–Crippen MR) is 71.2 cm³/mol. The normalized spacial score (nSPS) is 11.0. The number of aryl methyl sites for hydroxylation is 1. The summed E-state index contributed by atoms with van der Waals surface area (Å²) >= 11 is -0.0576. The molecule has 0 radical (unpaired) electrons. The molecule has 2 aromatic carbocycles. The van der Waals surface area contributed by atoms with E-state index in [1.54, 1.807) is 22.6 Å². The molecule has 0 fully saturated rings. The Labute approximate surface area is 109 Å². The summed E-state index contributed by atoms with van der Waals surface area (Å²) in [7, 11) is 0. The molecule has 0 amide bonds. The molecule has 0 saturated heterocycles. The fraction of sp³-hybridized carbons (Fsp3) is 0.0714. The Kier molecular flexibility index (Phi) is 2.69. The van der Waals surface area contributed by atoms with Gasteiger partial charge in [0.1, 0.15) is 0 Å². The van der Waals surface area contributed by atoms with Crippen molar-refractivity contribution in [3.05, 3.63) is 64.2 Å². The van der Waals surface area contributed by atoms with Crippen LogP contribution in [-0.2, 0) is 0 Å². The zero-order chi connectivity index (χ0) is 12.7. The molecule has 0 atom stereocenters. The quantitative estimate of drug-likeness (QED) is 0.633. The maximum atomic E-state index is 13.2. The van der Waals surface area contributed by atoms with Gasteiger partial charge in [-0.3, -0.25) is 0 Å². The Bertz CT molecular complexity index is 788. The fourth-order valence-corrected chi connectivity index (χ4v) is 3.97. The molecule has 1 heterocycles. The molecule has 0 bridgehead atoms. The Hall–Kier alpha value is -1.64. The summed E-state index contributed by atoms with van der Waals surface area (Å²) in [4.78, 5) is 12.2. The van der Waals surface area contributed by atoms with E-state index >= 15 is 0 Å². The zero-order valence-corrected chi connectivity index (χ0v) is 11.4. The Balaban J connectivity index is 2.28. The second-order valence-corrected chi connectivity index (χ2v) is 6.19. The monoisotopic (exact) mass is 307 g/mol. The average molecular weight is 306 g/mol. The molecular weight excluding hydrogens is 296 g/mol. The van der Waals surface area contributed by atoms with Crippen LogP contribution in [0.1, 0.15) is 5.56 Å². The van der Waals surface area contributed by atoms with Crippen LogP contribution in [0.4, 0.5) is 4.39 Å². The number of fused-ring (bicyclic) bond motifs is 1. The van der Waals surface area contributed by atoms with Crippen molar-refractivity contribution in [3.63, 3.8) is 0 Å². The van der Waals surface area contributed by atoms with Crippen LogP contribution in [0.3, 0.4) is 0 Å². The summed E-state index contributed by atoms with van der Waals surface area (Å²) in [5.74, 6) is -0.240. The second-order valence-electron chi connectivity index (χ2n) is 4.12. The number of halogens is 1. The molecule has 90 valence electrons. The van der Waals surface area contributed by atoms with Crippen LogP contribution in [0.15, 0.2) is 47.3 Å². The summed E-state index contributed by atoms with van der Waals surface area (Å²) in [6.07, 6.45) is 0.